The third-order valence-corrected chi connectivity index (χ3v) is 4.51. The lowest BCUT2D eigenvalue weighted by Gasteiger charge is -2.20. The Balaban J connectivity index is 1.68. The van der Waals surface area contributed by atoms with Gasteiger partial charge in [-0.25, -0.2) is 0 Å². The molecule has 3 rings (SSSR count). The number of rotatable bonds is 3. The molecule has 0 spiro atoms. The normalized spacial score (nSPS) is 18.1. The van der Waals surface area contributed by atoms with Gasteiger partial charge in [-0.05, 0) is 34.7 Å². The Labute approximate surface area is 127 Å². The summed E-state index contributed by atoms with van der Waals surface area (Å²) in [7, 11) is 0. The van der Waals surface area contributed by atoms with E-state index in [1.165, 1.54) is 25.7 Å². The van der Waals surface area contributed by atoms with Crippen molar-refractivity contribution in [2.45, 2.75) is 32.1 Å². The first-order valence-corrected chi connectivity index (χ1v) is 7.90. The molecule has 1 amide bonds. The van der Waals surface area contributed by atoms with Crippen molar-refractivity contribution < 1.29 is 14.3 Å². The van der Waals surface area contributed by atoms with Crippen LogP contribution in [-0.4, -0.2) is 19.1 Å². The van der Waals surface area contributed by atoms with Crippen LogP contribution in [0.15, 0.2) is 16.6 Å². The van der Waals surface area contributed by atoms with Crippen LogP contribution in [0.5, 0.6) is 11.5 Å². The molecule has 5 heteroatoms. The average Bonchev–Trinajstić information content (AvgIpc) is 2.92. The molecule has 0 bridgehead atoms. The number of nitrogens with one attached hydrogen (secondary N) is 1. The highest BCUT2D eigenvalue weighted by Crippen LogP contribution is 2.38. The van der Waals surface area contributed by atoms with Gasteiger partial charge in [0.1, 0.15) is 13.2 Å². The molecule has 4 nitrogen and oxygen atoms in total. The lowest BCUT2D eigenvalue weighted by molar-refractivity contribution is -0.117. The maximum absolute atomic E-state index is 12.1. The molecule has 0 saturated heterocycles. The molecule has 108 valence electrons. The number of halogens is 1. The largest absolute Gasteiger partial charge is 0.486 e. The number of fused-ring (bicyclic) bond motifs is 1. The van der Waals surface area contributed by atoms with Gasteiger partial charge >= 0.3 is 0 Å². The standard InChI is InChI=1S/C15H18BrNO3/c16-11-8-13-14(20-6-5-19-13)9-12(11)17-15(18)7-10-3-1-2-4-10/h8-10H,1-7H2,(H,17,18). The van der Waals surface area contributed by atoms with Gasteiger partial charge in [0.25, 0.3) is 0 Å². The highest BCUT2D eigenvalue weighted by molar-refractivity contribution is 9.10. The van der Waals surface area contributed by atoms with Crippen molar-refractivity contribution >= 4 is 27.5 Å². The third kappa shape index (κ3) is 3.08. The van der Waals surface area contributed by atoms with E-state index in [2.05, 4.69) is 21.2 Å². The van der Waals surface area contributed by atoms with Gasteiger partial charge in [0.05, 0.1) is 5.69 Å². The summed E-state index contributed by atoms with van der Waals surface area (Å²) in [6.45, 7) is 1.11. The Bertz CT molecular complexity index is 512. The second-order valence-corrected chi connectivity index (χ2v) is 6.23. The van der Waals surface area contributed by atoms with Gasteiger partial charge in [0.15, 0.2) is 11.5 Å². The minimum Gasteiger partial charge on any atom is -0.486 e. The van der Waals surface area contributed by atoms with Crippen LogP contribution in [-0.2, 0) is 4.79 Å². The average molecular weight is 340 g/mol. The van der Waals surface area contributed by atoms with Crippen LogP contribution in [0.4, 0.5) is 5.69 Å². The molecule has 2 aliphatic rings. The number of anilines is 1. The van der Waals surface area contributed by atoms with Crippen LogP contribution in [0.1, 0.15) is 32.1 Å². The number of hydrogen-bond donors (Lipinski definition) is 1. The molecule has 1 N–H and O–H groups in total. The van der Waals surface area contributed by atoms with Gasteiger partial charge in [-0.1, -0.05) is 12.8 Å². The predicted molar refractivity (Wildman–Crippen MR) is 80.3 cm³/mol. The molecule has 1 fully saturated rings. The van der Waals surface area contributed by atoms with E-state index in [0.29, 0.717) is 31.3 Å². The summed E-state index contributed by atoms with van der Waals surface area (Å²) in [5.41, 5.74) is 0.747. The fourth-order valence-electron chi connectivity index (χ4n) is 2.84. The molecule has 1 aromatic rings. The van der Waals surface area contributed by atoms with E-state index in [1.807, 2.05) is 12.1 Å². The van der Waals surface area contributed by atoms with Crippen LogP contribution in [0.25, 0.3) is 0 Å². The molecule has 1 aliphatic heterocycles. The second-order valence-electron chi connectivity index (χ2n) is 5.38. The summed E-state index contributed by atoms with van der Waals surface area (Å²) >= 11 is 3.47. The van der Waals surface area contributed by atoms with Crippen LogP contribution in [0.2, 0.25) is 0 Å². The SMILES string of the molecule is O=C(CC1CCCC1)Nc1cc2c(cc1Br)OCCO2. The number of carbonyl (C=O) groups excluding carboxylic acids is 1. The first kappa shape index (κ1) is 13.7. The van der Waals surface area contributed by atoms with Gasteiger partial charge < -0.3 is 14.8 Å². The molecular weight excluding hydrogens is 322 g/mol. The zero-order valence-corrected chi connectivity index (χ0v) is 12.9. The smallest absolute Gasteiger partial charge is 0.224 e. The molecule has 20 heavy (non-hydrogen) atoms. The van der Waals surface area contributed by atoms with E-state index in [9.17, 15) is 4.79 Å². The minimum atomic E-state index is 0.0780. The monoisotopic (exact) mass is 339 g/mol. The lowest BCUT2D eigenvalue weighted by atomic mass is 10.0. The van der Waals surface area contributed by atoms with E-state index in [1.54, 1.807) is 0 Å². The highest BCUT2D eigenvalue weighted by Gasteiger charge is 2.20. The second kappa shape index (κ2) is 6.04. The Morgan fingerprint density at radius 2 is 1.85 bits per heavy atom. The zero-order chi connectivity index (χ0) is 13.9. The Morgan fingerprint density at radius 1 is 1.20 bits per heavy atom. The van der Waals surface area contributed by atoms with Crippen molar-refractivity contribution in [3.8, 4) is 11.5 Å². The summed E-state index contributed by atoms with van der Waals surface area (Å²) in [5.74, 6) is 2.03. The summed E-state index contributed by atoms with van der Waals surface area (Å²) < 4.78 is 11.9. The first-order valence-electron chi connectivity index (χ1n) is 7.11. The zero-order valence-electron chi connectivity index (χ0n) is 11.3. The van der Waals surface area contributed by atoms with Crippen LogP contribution in [0, 0.1) is 5.92 Å². The van der Waals surface area contributed by atoms with Crippen LogP contribution < -0.4 is 14.8 Å². The van der Waals surface area contributed by atoms with Gasteiger partial charge in [0, 0.05) is 23.0 Å². The maximum atomic E-state index is 12.1. The maximum Gasteiger partial charge on any atom is 0.224 e. The highest BCUT2D eigenvalue weighted by atomic mass is 79.9. The lowest BCUT2D eigenvalue weighted by Crippen LogP contribution is -2.18. The van der Waals surface area contributed by atoms with E-state index < -0.39 is 0 Å². The quantitative estimate of drug-likeness (QED) is 0.912. The van der Waals surface area contributed by atoms with Crippen molar-refractivity contribution in [3.05, 3.63) is 16.6 Å². The number of hydrogen-bond acceptors (Lipinski definition) is 3. The summed E-state index contributed by atoms with van der Waals surface area (Å²) in [5, 5.41) is 2.97. The fraction of sp³-hybridized carbons (Fsp3) is 0.533. The minimum absolute atomic E-state index is 0.0780. The molecule has 0 atom stereocenters. The third-order valence-electron chi connectivity index (χ3n) is 3.85. The summed E-state index contributed by atoms with van der Waals surface area (Å²) in [6, 6.07) is 3.67. The molecule has 1 heterocycles. The fourth-order valence-corrected chi connectivity index (χ4v) is 3.26. The number of amides is 1. The van der Waals surface area contributed by atoms with Crippen molar-refractivity contribution in [2.75, 3.05) is 18.5 Å². The molecule has 0 aromatic heterocycles. The molecule has 0 unspecified atom stereocenters. The number of ether oxygens (including phenoxy) is 2. The van der Waals surface area contributed by atoms with E-state index in [0.717, 1.165) is 15.9 Å². The van der Waals surface area contributed by atoms with Gasteiger partial charge in [-0.2, -0.15) is 0 Å². The van der Waals surface area contributed by atoms with Crippen molar-refractivity contribution in [3.63, 3.8) is 0 Å². The topological polar surface area (TPSA) is 47.6 Å². The predicted octanol–water partition coefficient (Wildman–Crippen LogP) is 3.74. The van der Waals surface area contributed by atoms with Gasteiger partial charge in [-0.3, -0.25) is 4.79 Å². The van der Waals surface area contributed by atoms with Crippen molar-refractivity contribution in [1.82, 2.24) is 0 Å². The van der Waals surface area contributed by atoms with Crippen molar-refractivity contribution in [1.29, 1.82) is 0 Å². The summed E-state index contributed by atoms with van der Waals surface area (Å²) in [6.07, 6.45) is 5.48. The Kier molecular flexibility index (Phi) is 4.15. The number of carbonyl (C=O) groups is 1. The molecule has 1 aliphatic carbocycles. The number of benzene rings is 1. The van der Waals surface area contributed by atoms with E-state index in [-0.39, 0.29) is 5.91 Å². The van der Waals surface area contributed by atoms with Crippen LogP contribution >= 0.6 is 15.9 Å². The molecule has 1 saturated carbocycles. The molecule has 1 aromatic carbocycles. The van der Waals surface area contributed by atoms with Gasteiger partial charge in [0.2, 0.25) is 5.91 Å². The molecular formula is C15H18BrNO3. The Morgan fingerprint density at radius 3 is 2.55 bits per heavy atom. The Hall–Kier alpha value is -1.23. The van der Waals surface area contributed by atoms with E-state index in [4.69, 9.17) is 9.47 Å². The van der Waals surface area contributed by atoms with Crippen molar-refractivity contribution in [2.24, 2.45) is 5.92 Å². The molecule has 0 radical (unpaired) electrons. The van der Waals surface area contributed by atoms with E-state index >= 15 is 0 Å². The van der Waals surface area contributed by atoms with Gasteiger partial charge in [-0.15, -0.1) is 0 Å². The summed E-state index contributed by atoms with van der Waals surface area (Å²) in [4.78, 5) is 12.1. The van der Waals surface area contributed by atoms with Crippen LogP contribution in [0.3, 0.4) is 0 Å². The first-order chi connectivity index (χ1) is 9.72.